The van der Waals surface area contributed by atoms with Crippen LogP contribution in [0.5, 0.6) is 0 Å². The lowest BCUT2D eigenvalue weighted by Crippen LogP contribution is -2.35. The second-order valence-corrected chi connectivity index (χ2v) is 6.78. The highest BCUT2D eigenvalue weighted by atomic mass is 32.2. The van der Waals surface area contributed by atoms with E-state index in [1.807, 2.05) is 42.5 Å². The predicted octanol–water partition coefficient (Wildman–Crippen LogP) is 3.77. The van der Waals surface area contributed by atoms with Crippen molar-refractivity contribution in [3.63, 3.8) is 0 Å². The van der Waals surface area contributed by atoms with E-state index in [2.05, 4.69) is 5.32 Å². The van der Waals surface area contributed by atoms with Gasteiger partial charge in [0.15, 0.2) is 6.10 Å². The summed E-state index contributed by atoms with van der Waals surface area (Å²) < 4.78 is 10.3. The van der Waals surface area contributed by atoms with Crippen molar-refractivity contribution in [2.45, 2.75) is 24.5 Å². The first-order chi connectivity index (χ1) is 12.6. The van der Waals surface area contributed by atoms with Crippen LogP contribution < -0.4 is 5.32 Å². The third-order valence-electron chi connectivity index (χ3n) is 3.77. The van der Waals surface area contributed by atoms with Crippen molar-refractivity contribution >= 4 is 34.4 Å². The zero-order valence-corrected chi connectivity index (χ0v) is 15.1. The minimum absolute atomic E-state index is 0.147. The molecule has 0 radical (unpaired) electrons. The standard InChI is InChI=1S/C20H19NO4S/c1-14(20(23)21-12-17-7-4-10-24-17)25-19(22)13-26-18-9-8-15-5-2-3-6-16(15)11-18/h2-11,14H,12-13H2,1H3,(H,21,23)/t14-/m0/s1. The molecule has 6 heteroatoms. The van der Waals surface area contributed by atoms with Crippen LogP contribution in [0.3, 0.4) is 0 Å². The van der Waals surface area contributed by atoms with Crippen molar-refractivity contribution in [2.75, 3.05) is 5.75 Å². The number of benzene rings is 2. The number of amides is 1. The molecule has 0 saturated heterocycles. The Morgan fingerprint density at radius 2 is 1.92 bits per heavy atom. The van der Waals surface area contributed by atoms with E-state index in [1.54, 1.807) is 19.1 Å². The smallest absolute Gasteiger partial charge is 0.317 e. The third-order valence-corrected chi connectivity index (χ3v) is 4.74. The molecule has 0 unspecified atom stereocenters. The maximum atomic E-state index is 12.0. The fourth-order valence-corrected chi connectivity index (χ4v) is 3.14. The highest BCUT2D eigenvalue weighted by Crippen LogP contribution is 2.23. The molecular formula is C20H19NO4S. The lowest BCUT2D eigenvalue weighted by atomic mass is 10.1. The molecule has 26 heavy (non-hydrogen) atoms. The van der Waals surface area contributed by atoms with E-state index in [0.29, 0.717) is 5.76 Å². The summed E-state index contributed by atoms with van der Waals surface area (Å²) in [5, 5.41) is 4.94. The number of fused-ring (bicyclic) bond motifs is 1. The molecule has 1 aromatic heterocycles. The van der Waals surface area contributed by atoms with E-state index in [9.17, 15) is 9.59 Å². The average molecular weight is 369 g/mol. The summed E-state index contributed by atoms with van der Waals surface area (Å²) in [6.07, 6.45) is 0.685. The van der Waals surface area contributed by atoms with Crippen molar-refractivity contribution in [3.8, 4) is 0 Å². The van der Waals surface area contributed by atoms with Gasteiger partial charge >= 0.3 is 5.97 Å². The Bertz CT molecular complexity index is 892. The van der Waals surface area contributed by atoms with Gasteiger partial charge in [0.1, 0.15) is 5.76 Å². The van der Waals surface area contributed by atoms with Crippen LogP contribution in [-0.4, -0.2) is 23.7 Å². The molecule has 2 aromatic carbocycles. The molecule has 0 spiro atoms. The number of thioether (sulfide) groups is 1. The van der Waals surface area contributed by atoms with E-state index in [1.165, 1.54) is 18.0 Å². The Kier molecular flexibility index (Phi) is 5.96. The van der Waals surface area contributed by atoms with Crippen molar-refractivity contribution in [1.82, 2.24) is 5.32 Å². The quantitative estimate of drug-likeness (QED) is 0.507. The number of hydrogen-bond acceptors (Lipinski definition) is 5. The number of carbonyl (C=O) groups excluding carboxylic acids is 2. The van der Waals surface area contributed by atoms with Gasteiger partial charge in [-0.25, -0.2) is 0 Å². The molecular weight excluding hydrogens is 350 g/mol. The Morgan fingerprint density at radius 1 is 1.12 bits per heavy atom. The summed E-state index contributed by atoms with van der Waals surface area (Å²) in [6.45, 7) is 1.82. The van der Waals surface area contributed by atoms with Crippen LogP contribution in [0, 0.1) is 0 Å². The predicted molar refractivity (Wildman–Crippen MR) is 101 cm³/mol. The van der Waals surface area contributed by atoms with E-state index in [4.69, 9.17) is 9.15 Å². The van der Waals surface area contributed by atoms with Gasteiger partial charge in [0.05, 0.1) is 18.6 Å². The second kappa shape index (κ2) is 8.58. The fraction of sp³-hybridized carbons (Fsp3) is 0.200. The van der Waals surface area contributed by atoms with Crippen LogP contribution in [0.25, 0.3) is 10.8 Å². The first-order valence-corrected chi connectivity index (χ1v) is 9.21. The van der Waals surface area contributed by atoms with E-state index < -0.39 is 12.1 Å². The van der Waals surface area contributed by atoms with Crippen molar-refractivity contribution < 1.29 is 18.7 Å². The lowest BCUT2D eigenvalue weighted by Gasteiger charge is -2.13. The van der Waals surface area contributed by atoms with Crippen LogP contribution in [0.1, 0.15) is 12.7 Å². The van der Waals surface area contributed by atoms with Gasteiger partial charge in [-0.2, -0.15) is 0 Å². The monoisotopic (exact) mass is 369 g/mol. The minimum atomic E-state index is -0.852. The molecule has 1 heterocycles. The molecule has 0 bridgehead atoms. The van der Waals surface area contributed by atoms with Gasteiger partial charge in [-0.1, -0.05) is 30.3 Å². The molecule has 0 aliphatic carbocycles. The number of hydrogen-bond donors (Lipinski definition) is 1. The fourth-order valence-electron chi connectivity index (χ4n) is 2.42. The topological polar surface area (TPSA) is 68.5 Å². The van der Waals surface area contributed by atoms with Crippen LogP contribution >= 0.6 is 11.8 Å². The molecule has 0 saturated carbocycles. The molecule has 3 rings (SSSR count). The highest BCUT2D eigenvalue weighted by molar-refractivity contribution is 8.00. The number of rotatable bonds is 7. The Hall–Kier alpha value is -2.73. The maximum absolute atomic E-state index is 12.0. The third kappa shape index (κ3) is 4.89. The highest BCUT2D eigenvalue weighted by Gasteiger charge is 2.18. The minimum Gasteiger partial charge on any atom is -0.467 e. The van der Waals surface area contributed by atoms with Gasteiger partial charge in [0, 0.05) is 4.90 Å². The molecule has 1 amide bonds. The summed E-state index contributed by atoms with van der Waals surface area (Å²) in [5.74, 6) is 0.00623. The number of furan rings is 1. The molecule has 1 atom stereocenters. The first kappa shape index (κ1) is 18.1. The van der Waals surface area contributed by atoms with Gasteiger partial charge in [0.25, 0.3) is 5.91 Å². The summed E-state index contributed by atoms with van der Waals surface area (Å²) in [7, 11) is 0. The molecule has 0 aliphatic rings. The van der Waals surface area contributed by atoms with E-state index >= 15 is 0 Å². The van der Waals surface area contributed by atoms with Crippen LogP contribution in [0.4, 0.5) is 0 Å². The molecule has 5 nitrogen and oxygen atoms in total. The van der Waals surface area contributed by atoms with Gasteiger partial charge in [-0.15, -0.1) is 11.8 Å². The largest absolute Gasteiger partial charge is 0.467 e. The normalized spacial score (nSPS) is 11.9. The molecule has 1 N–H and O–H groups in total. The van der Waals surface area contributed by atoms with Crippen molar-refractivity contribution in [3.05, 3.63) is 66.6 Å². The average Bonchev–Trinajstić information content (AvgIpc) is 3.17. The Labute approximate surface area is 155 Å². The maximum Gasteiger partial charge on any atom is 0.317 e. The molecule has 0 fully saturated rings. The number of ether oxygens (including phenoxy) is 1. The summed E-state index contributed by atoms with van der Waals surface area (Å²) in [4.78, 5) is 24.9. The van der Waals surface area contributed by atoms with Crippen LogP contribution in [0.15, 0.2) is 70.2 Å². The zero-order chi connectivity index (χ0) is 18.4. The second-order valence-electron chi connectivity index (χ2n) is 5.73. The number of esters is 1. The summed E-state index contributed by atoms with van der Waals surface area (Å²) in [6, 6.07) is 17.6. The van der Waals surface area contributed by atoms with Gasteiger partial charge < -0.3 is 14.5 Å². The SMILES string of the molecule is C[C@H](OC(=O)CSc1ccc2ccccc2c1)C(=O)NCc1ccco1. The Balaban J connectivity index is 1.45. The first-order valence-electron chi connectivity index (χ1n) is 8.23. The lowest BCUT2D eigenvalue weighted by molar-refractivity contribution is -0.152. The number of carbonyl (C=O) groups is 2. The van der Waals surface area contributed by atoms with Gasteiger partial charge in [-0.3, -0.25) is 9.59 Å². The molecule has 134 valence electrons. The summed E-state index contributed by atoms with van der Waals surface area (Å²) in [5.41, 5.74) is 0. The van der Waals surface area contributed by atoms with Gasteiger partial charge in [-0.05, 0) is 42.0 Å². The van der Waals surface area contributed by atoms with E-state index in [-0.39, 0.29) is 18.2 Å². The Morgan fingerprint density at radius 3 is 2.69 bits per heavy atom. The van der Waals surface area contributed by atoms with Crippen molar-refractivity contribution in [2.24, 2.45) is 0 Å². The van der Waals surface area contributed by atoms with Crippen LogP contribution in [-0.2, 0) is 20.9 Å². The molecule has 0 aliphatic heterocycles. The van der Waals surface area contributed by atoms with Crippen LogP contribution in [0.2, 0.25) is 0 Å². The summed E-state index contributed by atoms with van der Waals surface area (Å²) >= 11 is 1.39. The van der Waals surface area contributed by atoms with Gasteiger partial charge in [0.2, 0.25) is 0 Å². The zero-order valence-electron chi connectivity index (χ0n) is 14.3. The van der Waals surface area contributed by atoms with E-state index in [0.717, 1.165) is 15.7 Å². The van der Waals surface area contributed by atoms with Crippen molar-refractivity contribution in [1.29, 1.82) is 0 Å². The molecule has 3 aromatic rings. The number of nitrogens with one attached hydrogen (secondary N) is 1.